The summed E-state index contributed by atoms with van der Waals surface area (Å²) in [6.07, 6.45) is 3.72. The highest BCUT2D eigenvalue weighted by atomic mass is 32.2. The third kappa shape index (κ3) is 5.20. The molecule has 150 valence electrons. The van der Waals surface area contributed by atoms with E-state index in [2.05, 4.69) is 0 Å². The predicted octanol–water partition coefficient (Wildman–Crippen LogP) is 3.85. The van der Waals surface area contributed by atoms with E-state index >= 15 is 0 Å². The maximum absolute atomic E-state index is 12.7. The first-order valence-electron chi connectivity index (χ1n) is 9.76. The van der Waals surface area contributed by atoms with E-state index in [9.17, 15) is 13.2 Å². The average molecular weight is 402 g/mol. The molecule has 1 aliphatic heterocycles. The van der Waals surface area contributed by atoms with Crippen molar-refractivity contribution in [3.63, 3.8) is 0 Å². The number of carbonyl (C=O) groups excluding carboxylic acids is 1. The molecule has 0 aromatic heterocycles. The number of esters is 1. The summed E-state index contributed by atoms with van der Waals surface area (Å²) >= 11 is 0. The Morgan fingerprint density at radius 2 is 1.68 bits per heavy atom. The molecule has 0 N–H and O–H groups in total. The van der Waals surface area contributed by atoms with Crippen LogP contribution in [0, 0.1) is 6.92 Å². The lowest BCUT2D eigenvalue weighted by molar-refractivity contribution is -0.144. The smallest absolute Gasteiger partial charge is 0.306 e. The number of carbonyl (C=O) groups is 1. The second kappa shape index (κ2) is 9.34. The van der Waals surface area contributed by atoms with Crippen molar-refractivity contribution < 1.29 is 17.9 Å². The van der Waals surface area contributed by atoms with Gasteiger partial charge in [-0.3, -0.25) is 4.79 Å². The van der Waals surface area contributed by atoms with E-state index in [0.29, 0.717) is 24.4 Å². The molecule has 2 aromatic rings. The fourth-order valence-corrected chi connectivity index (χ4v) is 4.85. The zero-order valence-corrected chi connectivity index (χ0v) is 17.1. The first-order chi connectivity index (χ1) is 13.5. The Labute approximate surface area is 167 Å². The number of hydrogen-bond donors (Lipinski definition) is 0. The monoisotopic (exact) mass is 401 g/mol. The lowest BCUT2D eigenvalue weighted by atomic mass is 10.1. The maximum Gasteiger partial charge on any atom is 0.306 e. The van der Waals surface area contributed by atoms with Crippen molar-refractivity contribution in [2.24, 2.45) is 0 Å². The number of ether oxygens (including phenoxy) is 1. The summed E-state index contributed by atoms with van der Waals surface area (Å²) in [6, 6.07) is 14.7. The van der Waals surface area contributed by atoms with Gasteiger partial charge >= 0.3 is 5.97 Å². The van der Waals surface area contributed by atoms with Gasteiger partial charge in [0.1, 0.15) is 6.61 Å². The molecule has 2 aromatic carbocycles. The van der Waals surface area contributed by atoms with E-state index in [1.807, 2.05) is 31.2 Å². The van der Waals surface area contributed by atoms with Crippen molar-refractivity contribution >= 4 is 16.0 Å². The van der Waals surface area contributed by atoms with E-state index in [4.69, 9.17) is 4.74 Å². The van der Waals surface area contributed by atoms with E-state index in [1.165, 1.54) is 0 Å². The van der Waals surface area contributed by atoms with Crippen molar-refractivity contribution in [3.05, 3.63) is 65.2 Å². The molecule has 0 aliphatic carbocycles. The minimum atomic E-state index is -3.41. The van der Waals surface area contributed by atoms with Crippen LogP contribution in [0.4, 0.5) is 0 Å². The predicted molar refractivity (Wildman–Crippen MR) is 108 cm³/mol. The zero-order valence-electron chi connectivity index (χ0n) is 16.3. The van der Waals surface area contributed by atoms with Crippen molar-refractivity contribution in [2.75, 3.05) is 13.1 Å². The number of piperidine rings is 1. The van der Waals surface area contributed by atoms with Crippen LogP contribution in [0.25, 0.3) is 0 Å². The largest absolute Gasteiger partial charge is 0.461 e. The van der Waals surface area contributed by atoms with Crippen LogP contribution < -0.4 is 0 Å². The van der Waals surface area contributed by atoms with Gasteiger partial charge in [0.05, 0.1) is 4.90 Å². The summed E-state index contributed by atoms with van der Waals surface area (Å²) in [6.45, 7) is 3.45. The molecule has 0 bridgehead atoms. The molecule has 1 fully saturated rings. The highest BCUT2D eigenvalue weighted by molar-refractivity contribution is 7.89. The Morgan fingerprint density at radius 3 is 2.36 bits per heavy atom. The van der Waals surface area contributed by atoms with Gasteiger partial charge in [-0.25, -0.2) is 8.42 Å². The van der Waals surface area contributed by atoms with Gasteiger partial charge in [-0.15, -0.1) is 0 Å². The summed E-state index contributed by atoms with van der Waals surface area (Å²) in [5.74, 6) is -0.256. The average Bonchev–Trinajstić information content (AvgIpc) is 2.72. The Bertz CT molecular complexity index is 900. The molecular formula is C22H27NO4S. The number of sulfonamides is 1. The fourth-order valence-electron chi connectivity index (χ4n) is 3.33. The van der Waals surface area contributed by atoms with Crippen LogP contribution in [-0.4, -0.2) is 31.8 Å². The number of aryl methyl sites for hydroxylation is 2. The Hall–Kier alpha value is -2.18. The molecule has 1 aliphatic rings. The topological polar surface area (TPSA) is 63.7 Å². The normalized spacial score (nSPS) is 15.3. The molecule has 0 radical (unpaired) electrons. The van der Waals surface area contributed by atoms with Gasteiger partial charge in [-0.05, 0) is 55.0 Å². The standard InChI is InChI=1S/C22H27NO4S/c1-18-7-3-4-8-20(18)17-27-22(24)14-11-19-9-12-21(13-10-19)28(25,26)23-15-5-2-6-16-23/h3-4,7-10,12-13H,2,5-6,11,14-17H2,1H3. The maximum atomic E-state index is 12.7. The second-order valence-corrected chi connectivity index (χ2v) is 9.13. The SMILES string of the molecule is Cc1ccccc1COC(=O)CCc1ccc(S(=O)(=O)N2CCCCC2)cc1. The molecule has 0 amide bonds. The molecule has 0 atom stereocenters. The van der Waals surface area contributed by atoms with Gasteiger partial charge in [-0.2, -0.15) is 4.31 Å². The second-order valence-electron chi connectivity index (χ2n) is 7.20. The third-order valence-corrected chi connectivity index (χ3v) is 7.06. The van der Waals surface area contributed by atoms with Gasteiger partial charge in [0.15, 0.2) is 0 Å². The molecule has 0 spiro atoms. The molecule has 1 heterocycles. The van der Waals surface area contributed by atoms with Gasteiger partial charge in [0.2, 0.25) is 10.0 Å². The molecule has 3 rings (SSSR count). The summed E-state index contributed by atoms with van der Waals surface area (Å²) in [4.78, 5) is 12.3. The van der Waals surface area contributed by atoms with Crippen molar-refractivity contribution in [1.82, 2.24) is 4.31 Å². The third-order valence-electron chi connectivity index (χ3n) is 5.14. The zero-order chi connectivity index (χ0) is 20.0. The number of hydrogen-bond acceptors (Lipinski definition) is 4. The fraction of sp³-hybridized carbons (Fsp3) is 0.409. The van der Waals surface area contributed by atoms with Crippen LogP contribution in [-0.2, 0) is 32.6 Å². The summed E-state index contributed by atoms with van der Waals surface area (Å²) in [7, 11) is -3.41. The quantitative estimate of drug-likeness (QED) is 0.661. The van der Waals surface area contributed by atoms with E-state index < -0.39 is 10.0 Å². The molecule has 0 saturated carbocycles. The molecule has 0 unspecified atom stereocenters. The highest BCUT2D eigenvalue weighted by Crippen LogP contribution is 2.21. The number of nitrogens with zero attached hydrogens (tertiary/aromatic N) is 1. The first kappa shape index (κ1) is 20.6. The van der Waals surface area contributed by atoms with Crippen LogP contribution >= 0.6 is 0 Å². The summed E-state index contributed by atoms with van der Waals surface area (Å²) < 4.78 is 32.2. The lowest BCUT2D eigenvalue weighted by Gasteiger charge is -2.25. The van der Waals surface area contributed by atoms with E-state index in [1.54, 1.807) is 28.6 Å². The van der Waals surface area contributed by atoms with Crippen LogP contribution in [0.1, 0.15) is 42.4 Å². The summed E-state index contributed by atoms with van der Waals surface area (Å²) in [5, 5.41) is 0. The van der Waals surface area contributed by atoms with Crippen molar-refractivity contribution in [1.29, 1.82) is 0 Å². The van der Waals surface area contributed by atoms with Crippen molar-refractivity contribution in [2.45, 2.75) is 50.5 Å². The summed E-state index contributed by atoms with van der Waals surface area (Å²) in [5.41, 5.74) is 3.02. The lowest BCUT2D eigenvalue weighted by Crippen LogP contribution is -2.35. The van der Waals surface area contributed by atoms with Crippen LogP contribution in [0.5, 0.6) is 0 Å². The first-order valence-corrected chi connectivity index (χ1v) is 11.2. The van der Waals surface area contributed by atoms with Crippen LogP contribution in [0.3, 0.4) is 0 Å². The Kier molecular flexibility index (Phi) is 6.86. The van der Waals surface area contributed by atoms with Crippen molar-refractivity contribution in [3.8, 4) is 0 Å². The Balaban J connectivity index is 1.51. The molecular weight excluding hydrogens is 374 g/mol. The molecule has 5 nitrogen and oxygen atoms in total. The highest BCUT2D eigenvalue weighted by Gasteiger charge is 2.25. The van der Waals surface area contributed by atoms with Gasteiger partial charge in [-0.1, -0.05) is 42.8 Å². The Morgan fingerprint density at radius 1 is 1.00 bits per heavy atom. The minimum absolute atomic E-state index is 0.256. The van der Waals surface area contributed by atoms with E-state index in [0.717, 1.165) is 36.0 Å². The van der Waals surface area contributed by atoms with Gasteiger partial charge < -0.3 is 4.74 Å². The van der Waals surface area contributed by atoms with Gasteiger partial charge in [0.25, 0.3) is 0 Å². The molecule has 6 heteroatoms. The molecule has 28 heavy (non-hydrogen) atoms. The molecule has 1 saturated heterocycles. The van der Waals surface area contributed by atoms with Crippen LogP contribution in [0.2, 0.25) is 0 Å². The van der Waals surface area contributed by atoms with E-state index in [-0.39, 0.29) is 19.0 Å². The number of rotatable bonds is 7. The number of benzene rings is 2. The van der Waals surface area contributed by atoms with Crippen LogP contribution in [0.15, 0.2) is 53.4 Å². The minimum Gasteiger partial charge on any atom is -0.461 e. The van der Waals surface area contributed by atoms with Gasteiger partial charge in [0, 0.05) is 19.5 Å².